The molecule has 0 aliphatic carbocycles. The van der Waals surface area contributed by atoms with E-state index in [1.54, 1.807) is 23.9 Å². The van der Waals surface area contributed by atoms with Crippen molar-refractivity contribution < 1.29 is 4.74 Å². The third-order valence-electron chi connectivity index (χ3n) is 4.75. The van der Waals surface area contributed by atoms with Gasteiger partial charge in [-0.1, -0.05) is 18.8 Å². The van der Waals surface area contributed by atoms with Crippen LogP contribution in [0.4, 0.5) is 11.5 Å². The first-order valence-electron chi connectivity index (χ1n) is 9.91. The molecule has 0 aliphatic rings. The number of pyridine rings is 1. The number of aromatic nitrogens is 4. The number of aryl methyl sites for hydroxylation is 1. The molecule has 0 radical (unpaired) electrons. The number of ether oxygens (including phenoxy) is 1. The topological polar surface area (TPSA) is 64.3 Å². The van der Waals surface area contributed by atoms with Gasteiger partial charge in [-0.15, -0.1) is 11.3 Å². The van der Waals surface area contributed by atoms with Crippen LogP contribution in [0.15, 0.2) is 61.3 Å². The molecule has 0 bridgehead atoms. The second-order valence-corrected chi connectivity index (χ2v) is 8.00. The summed E-state index contributed by atoms with van der Waals surface area (Å²) in [6.45, 7) is 4.06. The Morgan fingerprint density at radius 1 is 1.10 bits per heavy atom. The fourth-order valence-corrected chi connectivity index (χ4v) is 4.13. The molecule has 7 heteroatoms. The zero-order chi connectivity index (χ0) is 21.2. The highest BCUT2D eigenvalue weighted by atomic mass is 32.1. The molecule has 0 spiro atoms. The highest BCUT2D eigenvalue weighted by molar-refractivity contribution is 7.19. The summed E-state index contributed by atoms with van der Waals surface area (Å²) >= 11 is 1.58. The van der Waals surface area contributed by atoms with E-state index >= 15 is 0 Å². The van der Waals surface area contributed by atoms with Crippen LogP contribution in [0, 0.1) is 18.8 Å². The molecule has 6 nitrogen and oxygen atoms in total. The van der Waals surface area contributed by atoms with E-state index in [0.29, 0.717) is 0 Å². The lowest BCUT2D eigenvalue weighted by Crippen LogP contribution is -1.96. The van der Waals surface area contributed by atoms with E-state index in [1.165, 1.54) is 0 Å². The zero-order valence-corrected chi connectivity index (χ0v) is 17.9. The number of nitrogens with zero attached hydrogens (tertiary/aromatic N) is 4. The Bertz CT molecular complexity index is 1460. The molecular weight excluding hydrogens is 406 g/mol. The van der Waals surface area contributed by atoms with Crippen molar-refractivity contribution in [2.24, 2.45) is 0 Å². The number of anilines is 2. The smallest absolute Gasteiger partial charge is 0.142 e. The lowest BCUT2D eigenvalue weighted by Gasteiger charge is -2.12. The van der Waals surface area contributed by atoms with Gasteiger partial charge in [0.15, 0.2) is 0 Å². The predicted octanol–water partition coefficient (Wildman–Crippen LogP) is 5.94. The molecule has 0 atom stereocenters. The van der Waals surface area contributed by atoms with Gasteiger partial charge in [0, 0.05) is 36.8 Å². The van der Waals surface area contributed by atoms with Crippen LogP contribution in [0.5, 0.6) is 11.5 Å². The van der Waals surface area contributed by atoms with E-state index in [0.717, 1.165) is 55.7 Å². The van der Waals surface area contributed by atoms with Crippen molar-refractivity contribution in [3.8, 4) is 23.3 Å². The van der Waals surface area contributed by atoms with E-state index in [-0.39, 0.29) is 0 Å². The molecule has 5 rings (SSSR count). The molecule has 0 amide bonds. The molecular formula is C24H19N5OS. The van der Waals surface area contributed by atoms with Crippen molar-refractivity contribution in [1.29, 1.82) is 0 Å². The molecule has 0 saturated heterocycles. The van der Waals surface area contributed by atoms with Crippen LogP contribution < -0.4 is 10.1 Å². The van der Waals surface area contributed by atoms with Crippen molar-refractivity contribution in [3.63, 3.8) is 0 Å². The van der Waals surface area contributed by atoms with Crippen molar-refractivity contribution in [3.05, 3.63) is 71.8 Å². The molecule has 0 fully saturated rings. The highest BCUT2D eigenvalue weighted by Gasteiger charge is 2.10. The summed E-state index contributed by atoms with van der Waals surface area (Å²) in [5.74, 6) is 8.59. The lowest BCUT2D eigenvalue weighted by molar-refractivity contribution is 0.478. The average molecular weight is 426 g/mol. The van der Waals surface area contributed by atoms with Crippen molar-refractivity contribution in [1.82, 2.24) is 19.4 Å². The number of hydrogen-bond acceptors (Lipinski definition) is 6. The highest BCUT2D eigenvalue weighted by Crippen LogP contribution is 2.32. The van der Waals surface area contributed by atoms with Crippen LogP contribution >= 0.6 is 11.3 Å². The fraction of sp³-hybridized carbons (Fsp3) is 0.125. The van der Waals surface area contributed by atoms with Crippen LogP contribution in [0.3, 0.4) is 0 Å². The molecule has 1 aromatic carbocycles. The minimum absolute atomic E-state index is 0.749. The number of benzene rings is 1. The molecule has 31 heavy (non-hydrogen) atoms. The number of rotatable bonds is 4. The van der Waals surface area contributed by atoms with Crippen molar-refractivity contribution in [2.45, 2.75) is 20.3 Å². The van der Waals surface area contributed by atoms with E-state index in [1.807, 2.05) is 67.0 Å². The first-order valence-corrected chi connectivity index (χ1v) is 10.7. The van der Waals surface area contributed by atoms with Gasteiger partial charge in [-0.3, -0.25) is 0 Å². The Morgan fingerprint density at radius 3 is 2.90 bits per heavy atom. The first kappa shape index (κ1) is 19.1. The van der Waals surface area contributed by atoms with Crippen molar-refractivity contribution >= 4 is 38.7 Å². The summed E-state index contributed by atoms with van der Waals surface area (Å²) in [5, 5.41) is 4.38. The number of nitrogens with one attached hydrogen (secondary N) is 1. The molecule has 4 heterocycles. The summed E-state index contributed by atoms with van der Waals surface area (Å²) in [7, 11) is 0. The number of thiophene rings is 1. The monoisotopic (exact) mass is 425 g/mol. The fourth-order valence-electron chi connectivity index (χ4n) is 3.25. The Balaban J connectivity index is 1.39. The Hall–Kier alpha value is -3.89. The second-order valence-electron chi connectivity index (χ2n) is 6.97. The third-order valence-corrected chi connectivity index (χ3v) is 5.71. The molecule has 0 aliphatic heterocycles. The van der Waals surface area contributed by atoms with E-state index in [9.17, 15) is 0 Å². The van der Waals surface area contributed by atoms with Gasteiger partial charge in [0.1, 0.15) is 34.1 Å². The molecule has 0 unspecified atom stereocenters. The summed E-state index contributed by atoms with van der Waals surface area (Å²) < 4.78 is 8.03. The van der Waals surface area contributed by atoms with Crippen LogP contribution in [0.1, 0.15) is 23.8 Å². The van der Waals surface area contributed by atoms with Gasteiger partial charge in [-0.05, 0) is 42.8 Å². The number of imidazole rings is 1. The van der Waals surface area contributed by atoms with Gasteiger partial charge in [0.25, 0.3) is 0 Å². The first-order chi connectivity index (χ1) is 15.2. The SMILES string of the molecule is CCC#Cc1cc2c(Nc3ccc(Oc4ccn5ccnc5c4)c(C)c3)ncnc2s1. The summed E-state index contributed by atoms with van der Waals surface area (Å²) in [5.41, 5.74) is 2.79. The van der Waals surface area contributed by atoms with Gasteiger partial charge in [0.05, 0.1) is 10.3 Å². The predicted molar refractivity (Wildman–Crippen MR) is 124 cm³/mol. The normalized spacial score (nSPS) is 10.8. The maximum absolute atomic E-state index is 6.08. The minimum Gasteiger partial charge on any atom is -0.457 e. The molecule has 152 valence electrons. The summed E-state index contributed by atoms with van der Waals surface area (Å²) in [6.07, 6.45) is 8.01. The van der Waals surface area contributed by atoms with Crippen LogP contribution in [-0.4, -0.2) is 19.4 Å². The van der Waals surface area contributed by atoms with E-state index in [2.05, 4.69) is 32.1 Å². The van der Waals surface area contributed by atoms with Gasteiger partial charge in [-0.25, -0.2) is 15.0 Å². The standard InChI is InChI=1S/C24H19N5OS/c1-3-4-5-19-14-20-23(26-15-27-24(20)31-19)28-17-6-7-21(16(2)12-17)30-18-8-10-29-11-9-25-22(29)13-18/h6-15H,3H2,1-2H3,(H,26,27,28). The quantitative estimate of drug-likeness (QED) is 0.361. The summed E-state index contributed by atoms with van der Waals surface area (Å²) in [4.78, 5) is 15.0. The summed E-state index contributed by atoms with van der Waals surface area (Å²) in [6, 6.07) is 11.9. The third kappa shape index (κ3) is 3.93. The maximum Gasteiger partial charge on any atom is 0.142 e. The van der Waals surface area contributed by atoms with Crippen LogP contribution in [0.2, 0.25) is 0 Å². The average Bonchev–Trinajstić information content (AvgIpc) is 3.41. The lowest BCUT2D eigenvalue weighted by atomic mass is 10.2. The van der Waals surface area contributed by atoms with Crippen LogP contribution in [-0.2, 0) is 0 Å². The number of fused-ring (bicyclic) bond motifs is 2. The minimum atomic E-state index is 0.749. The maximum atomic E-state index is 6.08. The van der Waals surface area contributed by atoms with Crippen molar-refractivity contribution in [2.75, 3.05) is 5.32 Å². The Kier molecular flexibility index (Phi) is 4.98. The Labute approximate surface area is 183 Å². The van der Waals surface area contributed by atoms with E-state index < -0.39 is 0 Å². The second kappa shape index (κ2) is 8.09. The largest absolute Gasteiger partial charge is 0.457 e. The van der Waals surface area contributed by atoms with Crippen LogP contribution in [0.25, 0.3) is 15.9 Å². The zero-order valence-electron chi connectivity index (χ0n) is 17.1. The molecule has 1 N–H and O–H groups in total. The molecule has 5 aromatic rings. The van der Waals surface area contributed by atoms with E-state index in [4.69, 9.17) is 4.74 Å². The Morgan fingerprint density at radius 2 is 2.03 bits per heavy atom. The molecule has 0 saturated carbocycles. The number of hydrogen-bond donors (Lipinski definition) is 1. The van der Waals surface area contributed by atoms with Gasteiger partial charge < -0.3 is 14.5 Å². The van der Waals surface area contributed by atoms with Gasteiger partial charge in [-0.2, -0.15) is 0 Å². The van der Waals surface area contributed by atoms with Gasteiger partial charge >= 0.3 is 0 Å². The van der Waals surface area contributed by atoms with Gasteiger partial charge in [0.2, 0.25) is 0 Å². The molecule has 4 aromatic heterocycles.